The molecule has 0 aromatic heterocycles. The summed E-state index contributed by atoms with van der Waals surface area (Å²) in [5.41, 5.74) is 3.18. The van der Waals surface area contributed by atoms with Gasteiger partial charge in [0.25, 0.3) is 0 Å². The Balaban J connectivity index is 1.42. The van der Waals surface area contributed by atoms with Gasteiger partial charge in [0.15, 0.2) is 0 Å². The van der Waals surface area contributed by atoms with Gasteiger partial charge in [0.05, 0.1) is 25.9 Å². The SMILES string of the molecule is CCCCCCC[C@H]1CO[C@H](c2ccc(-c3ccc(OCCCC(F)(F)F)cc3)cc2)CO1. The van der Waals surface area contributed by atoms with Crippen molar-refractivity contribution < 1.29 is 27.4 Å². The molecular weight excluding hydrogens is 429 g/mol. The van der Waals surface area contributed by atoms with Gasteiger partial charge >= 0.3 is 6.18 Å². The quantitative estimate of drug-likeness (QED) is 0.299. The maximum Gasteiger partial charge on any atom is 0.389 e. The predicted molar refractivity (Wildman–Crippen MR) is 124 cm³/mol. The Kier molecular flexibility index (Phi) is 10.1. The van der Waals surface area contributed by atoms with Gasteiger partial charge in [-0.2, -0.15) is 13.2 Å². The lowest BCUT2D eigenvalue weighted by atomic mass is 10.0. The van der Waals surface area contributed by atoms with E-state index in [1.165, 1.54) is 32.1 Å². The molecule has 2 aromatic carbocycles. The van der Waals surface area contributed by atoms with Crippen LogP contribution in [0.3, 0.4) is 0 Å². The van der Waals surface area contributed by atoms with Gasteiger partial charge in [-0.15, -0.1) is 0 Å². The normalized spacial score (nSPS) is 18.9. The average molecular weight is 465 g/mol. The molecule has 1 aliphatic rings. The Morgan fingerprint density at radius 3 is 2.09 bits per heavy atom. The fourth-order valence-corrected chi connectivity index (χ4v) is 3.97. The van der Waals surface area contributed by atoms with Crippen LogP contribution in [0.15, 0.2) is 48.5 Å². The van der Waals surface area contributed by atoms with E-state index in [2.05, 4.69) is 31.2 Å². The highest BCUT2D eigenvalue weighted by Gasteiger charge is 2.26. The average Bonchev–Trinajstić information content (AvgIpc) is 2.82. The van der Waals surface area contributed by atoms with Gasteiger partial charge in [-0.25, -0.2) is 0 Å². The molecule has 0 radical (unpaired) electrons. The van der Waals surface area contributed by atoms with E-state index in [1.54, 1.807) is 12.1 Å². The number of hydrogen-bond acceptors (Lipinski definition) is 3. The lowest BCUT2D eigenvalue weighted by molar-refractivity contribution is -0.137. The molecule has 0 spiro atoms. The predicted octanol–water partition coefficient (Wildman–Crippen LogP) is 7.89. The van der Waals surface area contributed by atoms with Crippen LogP contribution in [0.2, 0.25) is 0 Å². The molecule has 0 saturated carbocycles. The van der Waals surface area contributed by atoms with E-state index in [4.69, 9.17) is 14.2 Å². The smallest absolute Gasteiger partial charge is 0.389 e. The molecule has 1 aliphatic heterocycles. The summed E-state index contributed by atoms with van der Waals surface area (Å²) in [6.07, 6.45) is 2.57. The second kappa shape index (κ2) is 13.0. The van der Waals surface area contributed by atoms with Crippen LogP contribution in [0.25, 0.3) is 11.1 Å². The molecule has 33 heavy (non-hydrogen) atoms. The van der Waals surface area contributed by atoms with E-state index in [0.717, 1.165) is 23.1 Å². The van der Waals surface area contributed by atoms with Crippen molar-refractivity contribution >= 4 is 0 Å². The molecule has 1 fully saturated rings. The molecule has 3 rings (SSSR count). The first-order valence-electron chi connectivity index (χ1n) is 12.1. The molecular formula is C27H35F3O3. The molecule has 6 heteroatoms. The standard InChI is InChI=1S/C27H35F3O3/c1-2-3-4-5-6-8-25-19-33-26(20-32-25)23-11-9-21(10-12-23)22-13-15-24(16-14-22)31-18-7-17-27(28,29)30/h9-16,25-26H,2-8,17-20H2,1H3/t25-,26-/m0/s1. The topological polar surface area (TPSA) is 27.7 Å². The minimum absolute atomic E-state index is 0.0390. The van der Waals surface area contributed by atoms with Crippen LogP contribution >= 0.6 is 0 Å². The highest BCUT2D eigenvalue weighted by atomic mass is 19.4. The second-order valence-electron chi connectivity index (χ2n) is 8.69. The second-order valence-corrected chi connectivity index (χ2v) is 8.69. The Morgan fingerprint density at radius 2 is 1.48 bits per heavy atom. The van der Waals surface area contributed by atoms with E-state index in [-0.39, 0.29) is 25.2 Å². The summed E-state index contributed by atoms with van der Waals surface area (Å²) in [6.45, 7) is 3.51. The third kappa shape index (κ3) is 9.01. The van der Waals surface area contributed by atoms with Gasteiger partial charge in [0.1, 0.15) is 11.9 Å². The number of halogens is 3. The van der Waals surface area contributed by atoms with Crippen LogP contribution in [-0.2, 0) is 9.47 Å². The van der Waals surface area contributed by atoms with Crippen molar-refractivity contribution in [1.82, 2.24) is 0 Å². The molecule has 1 saturated heterocycles. The van der Waals surface area contributed by atoms with Gasteiger partial charge in [-0.3, -0.25) is 0 Å². The van der Waals surface area contributed by atoms with Gasteiger partial charge < -0.3 is 14.2 Å². The lowest BCUT2D eigenvalue weighted by Gasteiger charge is -2.30. The highest BCUT2D eigenvalue weighted by Crippen LogP contribution is 2.28. The van der Waals surface area contributed by atoms with Crippen LogP contribution in [0, 0.1) is 0 Å². The van der Waals surface area contributed by atoms with Crippen LogP contribution < -0.4 is 4.74 Å². The minimum Gasteiger partial charge on any atom is -0.494 e. The van der Waals surface area contributed by atoms with Gasteiger partial charge in [-0.1, -0.05) is 75.4 Å². The molecule has 2 aromatic rings. The molecule has 0 N–H and O–H groups in total. The summed E-state index contributed by atoms with van der Waals surface area (Å²) >= 11 is 0. The fraction of sp³-hybridized carbons (Fsp3) is 0.556. The first kappa shape index (κ1) is 25.6. The Labute approximate surface area is 195 Å². The van der Waals surface area contributed by atoms with E-state index in [9.17, 15) is 13.2 Å². The molecule has 2 atom stereocenters. The maximum atomic E-state index is 12.2. The minimum atomic E-state index is -4.14. The number of rotatable bonds is 12. The summed E-state index contributed by atoms with van der Waals surface area (Å²) in [6, 6.07) is 15.6. The molecule has 1 heterocycles. The number of ether oxygens (including phenoxy) is 3. The van der Waals surface area contributed by atoms with Crippen LogP contribution in [0.1, 0.15) is 70.0 Å². The third-order valence-corrected chi connectivity index (χ3v) is 5.94. The zero-order valence-corrected chi connectivity index (χ0v) is 19.4. The lowest BCUT2D eigenvalue weighted by Crippen LogP contribution is -2.31. The van der Waals surface area contributed by atoms with Crippen LogP contribution in [0.5, 0.6) is 5.75 Å². The van der Waals surface area contributed by atoms with E-state index in [1.807, 2.05) is 12.1 Å². The molecule has 0 unspecified atom stereocenters. The van der Waals surface area contributed by atoms with Crippen molar-refractivity contribution in [2.45, 2.75) is 76.7 Å². The van der Waals surface area contributed by atoms with E-state index < -0.39 is 12.6 Å². The molecule has 0 amide bonds. The number of benzene rings is 2. The molecule has 0 bridgehead atoms. The fourth-order valence-electron chi connectivity index (χ4n) is 3.97. The van der Waals surface area contributed by atoms with E-state index in [0.29, 0.717) is 19.0 Å². The number of unbranched alkanes of at least 4 members (excludes halogenated alkanes) is 4. The Bertz CT molecular complexity index is 795. The largest absolute Gasteiger partial charge is 0.494 e. The summed E-state index contributed by atoms with van der Waals surface area (Å²) in [7, 11) is 0. The molecule has 3 nitrogen and oxygen atoms in total. The van der Waals surface area contributed by atoms with Gasteiger partial charge in [0, 0.05) is 6.42 Å². The zero-order valence-electron chi connectivity index (χ0n) is 19.4. The zero-order chi connectivity index (χ0) is 23.5. The number of alkyl halides is 3. The summed E-state index contributed by atoms with van der Waals surface area (Å²) in [4.78, 5) is 0. The van der Waals surface area contributed by atoms with Crippen LogP contribution in [0.4, 0.5) is 13.2 Å². The van der Waals surface area contributed by atoms with Crippen molar-refractivity contribution in [3.05, 3.63) is 54.1 Å². The van der Waals surface area contributed by atoms with Gasteiger partial charge in [-0.05, 0) is 41.7 Å². The van der Waals surface area contributed by atoms with Crippen molar-refractivity contribution in [1.29, 1.82) is 0 Å². The highest BCUT2D eigenvalue weighted by molar-refractivity contribution is 5.64. The van der Waals surface area contributed by atoms with Crippen molar-refractivity contribution in [3.8, 4) is 16.9 Å². The first-order valence-corrected chi connectivity index (χ1v) is 12.1. The summed E-state index contributed by atoms with van der Waals surface area (Å²) in [5, 5.41) is 0. The van der Waals surface area contributed by atoms with Crippen LogP contribution in [-0.4, -0.2) is 32.1 Å². The molecule has 0 aliphatic carbocycles. The van der Waals surface area contributed by atoms with Crippen molar-refractivity contribution in [2.75, 3.05) is 19.8 Å². The molecule has 182 valence electrons. The monoisotopic (exact) mass is 464 g/mol. The summed E-state index contributed by atoms with van der Waals surface area (Å²) < 4.78 is 54.1. The summed E-state index contributed by atoms with van der Waals surface area (Å²) in [5.74, 6) is 0.574. The maximum absolute atomic E-state index is 12.2. The van der Waals surface area contributed by atoms with Crippen molar-refractivity contribution in [2.24, 2.45) is 0 Å². The van der Waals surface area contributed by atoms with Gasteiger partial charge in [0.2, 0.25) is 0 Å². The van der Waals surface area contributed by atoms with Crippen molar-refractivity contribution in [3.63, 3.8) is 0 Å². The Morgan fingerprint density at radius 1 is 0.818 bits per heavy atom. The Hall–Kier alpha value is -2.05. The third-order valence-electron chi connectivity index (χ3n) is 5.94. The first-order chi connectivity index (χ1) is 15.9. The van der Waals surface area contributed by atoms with E-state index >= 15 is 0 Å². The number of hydrogen-bond donors (Lipinski definition) is 0.